The Morgan fingerprint density at radius 2 is 2.16 bits per heavy atom. The molecule has 1 aromatic carbocycles. The number of esters is 1. The van der Waals surface area contributed by atoms with Gasteiger partial charge >= 0.3 is 5.97 Å². The molecule has 0 aliphatic carbocycles. The molecule has 0 unspecified atom stereocenters. The van der Waals surface area contributed by atoms with E-state index in [9.17, 15) is 4.79 Å². The highest BCUT2D eigenvalue weighted by Crippen LogP contribution is 2.20. The number of carbonyl (C=O) groups is 1. The van der Waals surface area contributed by atoms with Gasteiger partial charge in [-0.3, -0.25) is 4.79 Å². The molecule has 2 rings (SSSR count). The molecule has 0 saturated heterocycles. The van der Waals surface area contributed by atoms with Crippen LogP contribution in [-0.4, -0.2) is 24.1 Å². The van der Waals surface area contributed by atoms with Gasteiger partial charge in [-0.2, -0.15) is 0 Å². The molecule has 0 bridgehead atoms. The lowest BCUT2D eigenvalue weighted by atomic mass is 10.1. The molecular weight excluding hydrogens is 240 g/mol. The maximum atomic E-state index is 11.2. The number of fused-ring (bicyclic) bond motifs is 1. The van der Waals surface area contributed by atoms with Gasteiger partial charge in [-0.25, -0.2) is 4.98 Å². The standard InChI is InChI=1S/C15H18N2O2/c1-2-19-14(18)8-5-10-16-15-13-7-4-3-6-12(13)9-11-17-15/h3-4,6-7,9,11H,2,5,8,10H2,1H3,(H,16,17). The van der Waals surface area contributed by atoms with Gasteiger partial charge in [0.1, 0.15) is 5.82 Å². The van der Waals surface area contributed by atoms with Crippen molar-refractivity contribution in [1.29, 1.82) is 0 Å². The third-order valence-corrected chi connectivity index (χ3v) is 2.83. The van der Waals surface area contributed by atoms with Crippen molar-refractivity contribution in [2.75, 3.05) is 18.5 Å². The van der Waals surface area contributed by atoms with E-state index in [2.05, 4.69) is 16.4 Å². The fraction of sp³-hybridized carbons (Fsp3) is 0.333. The molecule has 2 aromatic rings. The van der Waals surface area contributed by atoms with E-state index in [-0.39, 0.29) is 5.97 Å². The summed E-state index contributed by atoms with van der Waals surface area (Å²) >= 11 is 0. The second-order valence-electron chi connectivity index (χ2n) is 4.22. The lowest BCUT2D eigenvalue weighted by molar-refractivity contribution is -0.143. The number of carbonyl (C=O) groups excluding carboxylic acids is 1. The molecule has 4 heteroatoms. The van der Waals surface area contributed by atoms with Gasteiger partial charge in [0, 0.05) is 24.5 Å². The molecule has 19 heavy (non-hydrogen) atoms. The Labute approximate surface area is 112 Å². The Hall–Kier alpha value is -2.10. The zero-order valence-electron chi connectivity index (χ0n) is 11.1. The van der Waals surface area contributed by atoms with Gasteiger partial charge in [0.15, 0.2) is 0 Å². The van der Waals surface area contributed by atoms with E-state index < -0.39 is 0 Å². The number of rotatable bonds is 6. The molecule has 4 nitrogen and oxygen atoms in total. The number of anilines is 1. The maximum Gasteiger partial charge on any atom is 0.305 e. The first-order valence-electron chi connectivity index (χ1n) is 6.54. The number of aromatic nitrogens is 1. The van der Waals surface area contributed by atoms with E-state index in [0.717, 1.165) is 23.0 Å². The molecular formula is C15H18N2O2. The maximum absolute atomic E-state index is 11.2. The number of hydrogen-bond donors (Lipinski definition) is 1. The number of nitrogens with one attached hydrogen (secondary N) is 1. The third kappa shape index (κ3) is 3.68. The molecule has 0 amide bonds. The van der Waals surface area contributed by atoms with Crippen molar-refractivity contribution in [1.82, 2.24) is 4.98 Å². The second-order valence-corrected chi connectivity index (χ2v) is 4.22. The van der Waals surface area contributed by atoms with E-state index >= 15 is 0 Å². The Morgan fingerprint density at radius 1 is 1.32 bits per heavy atom. The van der Waals surface area contributed by atoms with Gasteiger partial charge in [-0.15, -0.1) is 0 Å². The minimum Gasteiger partial charge on any atom is -0.466 e. The van der Waals surface area contributed by atoms with Gasteiger partial charge in [-0.1, -0.05) is 24.3 Å². The number of benzene rings is 1. The molecule has 0 aliphatic rings. The molecule has 0 saturated carbocycles. The summed E-state index contributed by atoms with van der Waals surface area (Å²) in [4.78, 5) is 15.5. The van der Waals surface area contributed by atoms with Crippen molar-refractivity contribution in [2.24, 2.45) is 0 Å². The molecule has 0 fully saturated rings. The fourth-order valence-electron chi connectivity index (χ4n) is 1.93. The summed E-state index contributed by atoms with van der Waals surface area (Å²) in [6.45, 7) is 2.97. The first-order chi connectivity index (χ1) is 9.31. The lowest BCUT2D eigenvalue weighted by Gasteiger charge is -2.08. The molecule has 100 valence electrons. The Morgan fingerprint density at radius 3 is 3.00 bits per heavy atom. The van der Waals surface area contributed by atoms with Crippen LogP contribution < -0.4 is 5.32 Å². The smallest absolute Gasteiger partial charge is 0.305 e. The summed E-state index contributed by atoms with van der Waals surface area (Å²) in [6.07, 6.45) is 2.96. The summed E-state index contributed by atoms with van der Waals surface area (Å²) < 4.78 is 4.88. The van der Waals surface area contributed by atoms with Gasteiger partial charge < -0.3 is 10.1 Å². The summed E-state index contributed by atoms with van der Waals surface area (Å²) in [7, 11) is 0. The predicted molar refractivity (Wildman–Crippen MR) is 76.1 cm³/mol. The summed E-state index contributed by atoms with van der Waals surface area (Å²) in [6, 6.07) is 10.1. The first-order valence-corrected chi connectivity index (χ1v) is 6.54. The normalized spacial score (nSPS) is 10.4. The van der Waals surface area contributed by atoms with Crippen molar-refractivity contribution < 1.29 is 9.53 Å². The number of pyridine rings is 1. The van der Waals surface area contributed by atoms with Crippen LogP contribution in [0, 0.1) is 0 Å². The van der Waals surface area contributed by atoms with Crippen molar-refractivity contribution in [3.05, 3.63) is 36.5 Å². The average Bonchev–Trinajstić information content (AvgIpc) is 2.44. The van der Waals surface area contributed by atoms with Crippen LogP contribution in [-0.2, 0) is 9.53 Å². The number of nitrogens with zero attached hydrogens (tertiary/aromatic N) is 1. The summed E-state index contributed by atoms with van der Waals surface area (Å²) in [5.41, 5.74) is 0. The van der Waals surface area contributed by atoms with Gasteiger partial charge in [0.05, 0.1) is 6.61 Å². The third-order valence-electron chi connectivity index (χ3n) is 2.83. The fourth-order valence-corrected chi connectivity index (χ4v) is 1.93. The van der Waals surface area contributed by atoms with Crippen LogP contribution in [0.4, 0.5) is 5.82 Å². The minimum absolute atomic E-state index is 0.143. The first kappa shape index (κ1) is 13.3. The van der Waals surface area contributed by atoms with E-state index in [1.165, 1.54) is 0 Å². The zero-order valence-corrected chi connectivity index (χ0v) is 11.1. The van der Waals surface area contributed by atoms with Crippen molar-refractivity contribution in [3.63, 3.8) is 0 Å². The predicted octanol–water partition coefficient (Wildman–Crippen LogP) is 2.99. The highest BCUT2D eigenvalue weighted by molar-refractivity contribution is 5.91. The Balaban J connectivity index is 1.90. The van der Waals surface area contributed by atoms with Crippen LogP contribution in [0.25, 0.3) is 10.8 Å². The van der Waals surface area contributed by atoms with Crippen molar-refractivity contribution in [3.8, 4) is 0 Å². The van der Waals surface area contributed by atoms with Gasteiger partial charge in [-0.05, 0) is 24.8 Å². The SMILES string of the molecule is CCOC(=O)CCCNc1nccc2ccccc12. The Bertz CT molecular complexity index is 549. The number of ether oxygens (including phenoxy) is 1. The quantitative estimate of drug-likeness (QED) is 0.639. The van der Waals surface area contributed by atoms with E-state index in [1.54, 1.807) is 6.20 Å². The molecule has 1 heterocycles. The van der Waals surface area contributed by atoms with E-state index in [0.29, 0.717) is 19.6 Å². The molecule has 0 radical (unpaired) electrons. The summed E-state index contributed by atoms with van der Waals surface area (Å²) in [5.74, 6) is 0.720. The molecule has 0 aliphatic heterocycles. The second kappa shape index (κ2) is 6.73. The van der Waals surface area contributed by atoms with Gasteiger partial charge in [0.25, 0.3) is 0 Å². The highest BCUT2D eigenvalue weighted by Gasteiger charge is 2.03. The molecule has 1 N–H and O–H groups in total. The largest absolute Gasteiger partial charge is 0.466 e. The highest BCUT2D eigenvalue weighted by atomic mass is 16.5. The van der Waals surface area contributed by atoms with Crippen LogP contribution in [0.5, 0.6) is 0 Å². The van der Waals surface area contributed by atoms with E-state index in [1.807, 2.05) is 31.2 Å². The van der Waals surface area contributed by atoms with Gasteiger partial charge in [0.2, 0.25) is 0 Å². The van der Waals surface area contributed by atoms with Crippen LogP contribution in [0.15, 0.2) is 36.5 Å². The number of hydrogen-bond acceptors (Lipinski definition) is 4. The monoisotopic (exact) mass is 258 g/mol. The molecule has 1 aromatic heterocycles. The van der Waals surface area contributed by atoms with Crippen LogP contribution in [0.2, 0.25) is 0 Å². The van der Waals surface area contributed by atoms with Crippen LogP contribution in [0.3, 0.4) is 0 Å². The summed E-state index contributed by atoms with van der Waals surface area (Å²) in [5, 5.41) is 5.52. The lowest BCUT2D eigenvalue weighted by Crippen LogP contribution is -2.09. The van der Waals surface area contributed by atoms with Crippen molar-refractivity contribution in [2.45, 2.75) is 19.8 Å². The molecule has 0 spiro atoms. The minimum atomic E-state index is -0.143. The van der Waals surface area contributed by atoms with Crippen LogP contribution in [0.1, 0.15) is 19.8 Å². The molecule has 0 atom stereocenters. The zero-order chi connectivity index (χ0) is 13.5. The van der Waals surface area contributed by atoms with Crippen molar-refractivity contribution >= 4 is 22.6 Å². The topological polar surface area (TPSA) is 51.2 Å². The Kier molecular flexibility index (Phi) is 4.72. The van der Waals surface area contributed by atoms with E-state index in [4.69, 9.17) is 4.74 Å². The van der Waals surface area contributed by atoms with Crippen LogP contribution >= 0.6 is 0 Å². The average molecular weight is 258 g/mol.